The number of carbonyl (C=O) groups excluding carboxylic acids is 2. The second-order valence-electron chi connectivity index (χ2n) is 6.17. The summed E-state index contributed by atoms with van der Waals surface area (Å²) >= 11 is 0.916. The third-order valence-electron chi connectivity index (χ3n) is 4.16. The minimum Gasteiger partial charge on any atom is -0.359 e. The summed E-state index contributed by atoms with van der Waals surface area (Å²) in [5, 5.41) is 2.70. The number of Topliss-reactive ketones (excluding diaryl/α,β-unsaturated/α-hetero) is 1. The van der Waals surface area contributed by atoms with E-state index in [2.05, 4.69) is 14.1 Å². The van der Waals surface area contributed by atoms with Crippen LogP contribution in [0.25, 0.3) is 11.3 Å². The van der Waals surface area contributed by atoms with E-state index < -0.39 is 11.9 Å². The van der Waals surface area contributed by atoms with Crippen molar-refractivity contribution in [1.29, 1.82) is 0 Å². The van der Waals surface area contributed by atoms with Crippen LogP contribution in [-0.2, 0) is 16.0 Å². The molecule has 0 saturated carbocycles. The molecule has 0 saturated heterocycles. The van der Waals surface area contributed by atoms with Crippen molar-refractivity contribution < 1.29 is 18.7 Å². The molecule has 1 amide bonds. The van der Waals surface area contributed by atoms with Gasteiger partial charge in [0.1, 0.15) is 18.1 Å². The molecule has 0 aliphatic carbocycles. The van der Waals surface area contributed by atoms with Gasteiger partial charge in [-0.2, -0.15) is 8.75 Å². The molecule has 1 aromatic heterocycles. The number of nitrogens with zero attached hydrogens (tertiary/aromatic N) is 2. The zero-order valence-electron chi connectivity index (χ0n) is 15.4. The van der Waals surface area contributed by atoms with Crippen molar-refractivity contribution in [2.75, 3.05) is 13.3 Å². The van der Waals surface area contributed by atoms with E-state index in [-0.39, 0.29) is 37.1 Å². The molecule has 0 aliphatic heterocycles. The Morgan fingerprint density at radius 3 is 2.52 bits per heavy atom. The summed E-state index contributed by atoms with van der Waals surface area (Å²) in [4.78, 5) is 25.4. The van der Waals surface area contributed by atoms with Crippen LogP contribution in [0, 0.1) is 5.82 Å². The molecule has 3 aromatic rings. The van der Waals surface area contributed by atoms with Crippen LogP contribution >= 0.6 is 11.7 Å². The maximum atomic E-state index is 13.2. The highest BCUT2D eigenvalue weighted by Crippen LogP contribution is 2.21. The molecule has 0 radical (unpaired) electrons. The van der Waals surface area contributed by atoms with E-state index in [0.717, 1.165) is 17.3 Å². The molecule has 9 heteroatoms. The Kier molecular flexibility index (Phi) is 7.12. The van der Waals surface area contributed by atoms with Crippen molar-refractivity contribution >= 4 is 23.4 Å². The summed E-state index contributed by atoms with van der Waals surface area (Å²) in [6, 6.07) is 14.0. The summed E-state index contributed by atoms with van der Waals surface area (Å²) < 4.78 is 26.5. The van der Waals surface area contributed by atoms with Gasteiger partial charge in [0, 0.05) is 5.56 Å². The summed E-state index contributed by atoms with van der Waals surface area (Å²) in [7, 11) is 0. The van der Waals surface area contributed by atoms with Crippen LogP contribution in [0.4, 0.5) is 4.39 Å². The van der Waals surface area contributed by atoms with E-state index in [4.69, 9.17) is 10.5 Å². The molecular weight excluding hydrogens is 395 g/mol. The van der Waals surface area contributed by atoms with Gasteiger partial charge in [-0.05, 0) is 24.1 Å². The molecule has 1 heterocycles. The predicted molar refractivity (Wildman–Crippen MR) is 107 cm³/mol. The van der Waals surface area contributed by atoms with Crippen LogP contribution < -0.4 is 11.1 Å². The molecule has 0 fully saturated rings. The van der Waals surface area contributed by atoms with Gasteiger partial charge < -0.3 is 15.8 Å². The number of rotatable bonds is 9. The molecule has 1 unspecified atom stereocenters. The topological polar surface area (TPSA) is 107 Å². The number of carbonyl (C=O) groups is 2. The third kappa shape index (κ3) is 5.50. The van der Waals surface area contributed by atoms with E-state index in [1.54, 1.807) is 12.1 Å². The number of hydrogen-bond donors (Lipinski definition) is 2. The lowest BCUT2D eigenvalue weighted by Gasteiger charge is -2.17. The predicted octanol–water partition coefficient (Wildman–Crippen LogP) is 2.19. The number of ketones is 1. The van der Waals surface area contributed by atoms with Gasteiger partial charge in [-0.1, -0.05) is 42.5 Å². The van der Waals surface area contributed by atoms with Crippen LogP contribution in [0.2, 0.25) is 0 Å². The quantitative estimate of drug-likeness (QED) is 0.520. The first kappa shape index (κ1) is 20.7. The van der Waals surface area contributed by atoms with Crippen molar-refractivity contribution in [3.05, 3.63) is 71.7 Å². The molecule has 1 atom stereocenters. The third-order valence-corrected chi connectivity index (χ3v) is 4.69. The Morgan fingerprint density at radius 2 is 1.83 bits per heavy atom. The number of aromatic nitrogens is 2. The lowest BCUT2D eigenvalue weighted by Crippen LogP contribution is -2.44. The second-order valence-corrected chi connectivity index (χ2v) is 6.69. The normalized spacial score (nSPS) is 11.8. The fraction of sp³-hybridized carbons (Fsp3) is 0.200. The summed E-state index contributed by atoms with van der Waals surface area (Å²) in [6.45, 7) is -0.361. The van der Waals surface area contributed by atoms with Crippen molar-refractivity contribution in [2.24, 2.45) is 5.73 Å². The first-order chi connectivity index (χ1) is 14.1. The molecule has 150 valence electrons. The van der Waals surface area contributed by atoms with Gasteiger partial charge in [-0.15, -0.1) is 0 Å². The highest BCUT2D eigenvalue weighted by atomic mass is 32.1. The standard InChI is InChI=1S/C20H19FN4O3S/c21-15-8-6-13(7-9-15)10-16(17(26)11-28-12-22)23-20(27)19-18(24-29-25-19)14-4-2-1-3-5-14/h1-9,16H,10-12,22H2,(H,23,27). The van der Waals surface area contributed by atoms with Crippen molar-refractivity contribution in [3.8, 4) is 11.3 Å². The van der Waals surface area contributed by atoms with Crippen molar-refractivity contribution in [1.82, 2.24) is 14.1 Å². The average Bonchev–Trinajstić information content (AvgIpc) is 3.24. The molecular formula is C20H19FN4O3S. The Balaban J connectivity index is 1.80. The minimum absolute atomic E-state index is 0.114. The Labute approximate surface area is 171 Å². The molecule has 0 bridgehead atoms. The molecule has 7 nitrogen and oxygen atoms in total. The van der Waals surface area contributed by atoms with E-state index in [1.807, 2.05) is 30.3 Å². The summed E-state index contributed by atoms with van der Waals surface area (Å²) in [5.41, 5.74) is 7.31. The summed E-state index contributed by atoms with van der Waals surface area (Å²) in [5.74, 6) is -1.25. The van der Waals surface area contributed by atoms with Gasteiger partial charge in [0.05, 0.1) is 24.5 Å². The Morgan fingerprint density at radius 1 is 1.10 bits per heavy atom. The van der Waals surface area contributed by atoms with Crippen molar-refractivity contribution in [3.63, 3.8) is 0 Å². The fourth-order valence-corrected chi connectivity index (χ4v) is 3.28. The van der Waals surface area contributed by atoms with Crippen molar-refractivity contribution in [2.45, 2.75) is 12.5 Å². The van der Waals surface area contributed by atoms with Crippen LogP contribution in [0.5, 0.6) is 0 Å². The van der Waals surface area contributed by atoms with Gasteiger partial charge in [0.25, 0.3) is 5.91 Å². The number of ether oxygens (including phenoxy) is 1. The van der Waals surface area contributed by atoms with Gasteiger partial charge in [-0.25, -0.2) is 4.39 Å². The highest BCUT2D eigenvalue weighted by molar-refractivity contribution is 6.99. The molecule has 3 N–H and O–H groups in total. The largest absolute Gasteiger partial charge is 0.359 e. The number of halogens is 1. The number of hydrogen-bond acceptors (Lipinski definition) is 7. The van der Waals surface area contributed by atoms with Crippen LogP contribution in [0.1, 0.15) is 16.1 Å². The molecule has 29 heavy (non-hydrogen) atoms. The smallest absolute Gasteiger partial charge is 0.273 e. The van der Waals surface area contributed by atoms with Gasteiger partial charge in [0.15, 0.2) is 11.5 Å². The maximum absolute atomic E-state index is 13.2. The number of amides is 1. The fourth-order valence-electron chi connectivity index (χ4n) is 2.71. The van der Waals surface area contributed by atoms with Gasteiger partial charge >= 0.3 is 0 Å². The monoisotopic (exact) mass is 414 g/mol. The molecule has 0 spiro atoms. The zero-order valence-corrected chi connectivity index (χ0v) is 16.2. The minimum atomic E-state index is -0.884. The number of nitrogens with two attached hydrogens (primary N) is 1. The second kappa shape index (κ2) is 9.97. The molecule has 2 aromatic carbocycles. The number of nitrogens with one attached hydrogen (secondary N) is 1. The Hall–Kier alpha value is -3.01. The van der Waals surface area contributed by atoms with E-state index in [9.17, 15) is 14.0 Å². The lowest BCUT2D eigenvalue weighted by molar-refractivity contribution is -0.125. The van der Waals surface area contributed by atoms with Gasteiger partial charge in [-0.3, -0.25) is 9.59 Å². The van der Waals surface area contributed by atoms with Crippen LogP contribution in [0.3, 0.4) is 0 Å². The van der Waals surface area contributed by atoms with E-state index >= 15 is 0 Å². The Bertz CT molecular complexity index is 963. The zero-order chi connectivity index (χ0) is 20.6. The average molecular weight is 414 g/mol. The van der Waals surface area contributed by atoms with E-state index in [1.165, 1.54) is 12.1 Å². The molecule has 0 aliphatic rings. The summed E-state index contributed by atoms with van der Waals surface area (Å²) in [6.07, 6.45) is 0.178. The maximum Gasteiger partial charge on any atom is 0.273 e. The first-order valence-corrected chi connectivity index (χ1v) is 9.55. The lowest BCUT2D eigenvalue weighted by atomic mass is 10.0. The molecule has 3 rings (SSSR count). The first-order valence-electron chi connectivity index (χ1n) is 8.82. The highest BCUT2D eigenvalue weighted by Gasteiger charge is 2.25. The van der Waals surface area contributed by atoms with Gasteiger partial charge in [0.2, 0.25) is 0 Å². The number of benzene rings is 2. The van der Waals surface area contributed by atoms with Crippen LogP contribution in [0.15, 0.2) is 54.6 Å². The SMILES string of the molecule is NCOCC(=O)C(Cc1ccc(F)cc1)NC(=O)c1nsnc1-c1ccccc1. The van der Waals surface area contributed by atoms with Crippen LogP contribution in [-0.4, -0.2) is 39.8 Å². The van der Waals surface area contributed by atoms with E-state index in [0.29, 0.717) is 11.3 Å².